The van der Waals surface area contributed by atoms with Gasteiger partial charge in [-0.05, 0) is 31.2 Å². The van der Waals surface area contributed by atoms with Crippen LogP contribution in [0.5, 0.6) is 0 Å². The van der Waals surface area contributed by atoms with E-state index < -0.39 is 0 Å². The summed E-state index contributed by atoms with van der Waals surface area (Å²) in [7, 11) is 0. The van der Waals surface area contributed by atoms with Gasteiger partial charge in [0.2, 0.25) is 0 Å². The van der Waals surface area contributed by atoms with Crippen molar-refractivity contribution >= 4 is 0 Å². The van der Waals surface area contributed by atoms with Gasteiger partial charge in [-0.15, -0.1) is 0 Å². The molecule has 102 valence electrons. The van der Waals surface area contributed by atoms with Crippen LogP contribution >= 0.6 is 0 Å². The molecule has 2 N–H and O–H groups in total. The minimum atomic E-state index is 0.509. The van der Waals surface area contributed by atoms with Crippen LogP contribution in [-0.2, 0) is 4.74 Å². The summed E-state index contributed by atoms with van der Waals surface area (Å²) >= 11 is 0. The SMILES string of the molecule is CCC(C)CN(CC)C(CN)C1CCCOC1. The van der Waals surface area contributed by atoms with Gasteiger partial charge < -0.3 is 10.5 Å². The highest BCUT2D eigenvalue weighted by Crippen LogP contribution is 2.22. The number of hydrogen-bond acceptors (Lipinski definition) is 3. The molecule has 3 nitrogen and oxygen atoms in total. The zero-order chi connectivity index (χ0) is 12.7. The van der Waals surface area contributed by atoms with E-state index in [4.69, 9.17) is 10.5 Å². The summed E-state index contributed by atoms with van der Waals surface area (Å²) in [5.41, 5.74) is 6.00. The first kappa shape index (κ1) is 14.9. The molecule has 0 aromatic heterocycles. The van der Waals surface area contributed by atoms with Gasteiger partial charge in [0, 0.05) is 25.7 Å². The lowest BCUT2D eigenvalue weighted by atomic mass is 9.91. The highest BCUT2D eigenvalue weighted by Gasteiger charge is 2.27. The summed E-state index contributed by atoms with van der Waals surface area (Å²) in [5.74, 6) is 1.39. The van der Waals surface area contributed by atoms with Crippen molar-refractivity contribution in [3.63, 3.8) is 0 Å². The highest BCUT2D eigenvalue weighted by molar-refractivity contribution is 4.82. The van der Waals surface area contributed by atoms with Crippen molar-refractivity contribution in [2.24, 2.45) is 17.6 Å². The molecule has 1 heterocycles. The first-order valence-corrected chi connectivity index (χ1v) is 7.24. The Morgan fingerprint density at radius 1 is 1.41 bits per heavy atom. The van der Waals surface area contributed by atoms with Crippen LogP contribution in [0.1, 0.15) is 40.0 Å². The van der Waals surface area contributed by atoms with Gasteiger partial charge in [0.25, 0.3) is 0 Å². The summed E-state index contributed by atoms with van der Waals surface area (Å²) in [4.78, 5) is 2.56. The molecule has 1 aliphatic rings. The minimum absolute atomic E-state index is 0.509. The second-order valence-electron chi connectivity index (χ2n) is 5.38. The fourth-order valence-corrected chi connectivity index (χ4v) is 2.74. The monoisotopic (exact) mass is 242 g/mol. The van der Waals surface area contributed by atoms with Crippen LogP contribution < -0.4 is 5.73 Å². The smallest absolute Gasteiger partial charge is 0.0509 e. The predicted octanol–water partition coefficient (Wildman–Crippen LogP) is 2.11. The molecule has 0 spiro atoms. The van der Waals surface area contributed by atoms with Crippen molar-refractivity contribution < 1.29 is 4.74 Å². The number of nitrogens with two attached hydrogens (primary N) is 1. The lowest BCUT2D eigenvalue weighted by Gasteiger charge is -2.38. The molecule has 3 heteroatoms. The van der Waals surface area contributed by atoms with Crippen molar-refractivity contribution in [3.05, 3.63) is 0 Å². The molecular formula is C14H30N2O. The Labute approximate surface area is 107 Å². The Bertz CT molecular complexity index is 193. The number of hydrogen-bond donors (Lipinski definition) is 1. The third-order valence-corrected chi connectivity index (χ3v) is 4.10. The molecule has 3 atom stereocenters. The molecule has 1 fully saturated rings. The first-order valence-electron chi connectivity index (χ1n) is 7.24. The Morgan fingerprint density at radius 3 is 2.65 bits per heavy atom. The minimum Gasteiger partial charge on any atom is -0.381 e. The Balaban J connectivity index is 2.54. The summed E-state index contributed by atoms with van der Waals surface area (Å²) in [5, 5.41) is 0. The van der Waals surface area contributed by atoms with Gasteiger partial charge in [0.15, 0.2) is 0 Å². The summed E-state index contributed by atoms with van der Waals surface area (Å²) in [6.45, 7) is 11.7. The molecule has 3 unspecified atom stereocenters. The normalized spacial score (nSPS) is 24.9. The zero-order valence-corrected chi connectivity index (χ0v) is 11.8. The van der Waals surface area contributed by atoms with E-state index in [0.29, 0.717) is 12.0 Å². The van der Waals surface area contributed by atoms with Gasteiger partial charge in [-0.3, -0.25) is 4.90 Å². The number of rotatable bonds is 7. The van der Waals surface area contributed by atoms with Gasteiger partial charge in [0.1, 0.15) is 0 Å². The topological polar surface area (TPSA) is 38.5 Å². The van der Waals surface area contributed by atoms with Gasteiger partial charge >= 0.3 is 0 Å². The van der Waals surface area contributed by atoms with E-state index in [2.05, 4.69) is 25.7 Å². The summed E-state index contributed by atoms with van der Waals surface area (Å²) < 4.78 is 5.61. The number of likely N-dealkylation sites (N-methyl/N-ethyl adjacent to an activating group) is 1. The predicted molar refractivity (Wildman–Crippen MR) is 73.1 cm³/mol. The zero-order valence-electron chi connectivity index (χ0n) is 11.8. The lowest BCUT2D eigenvalue weighted by molar-refractivity contribution is 0.00906. The van der Waals surface area contributed by atoms with Gasteiger partial charge in [-0.2, -0.15) is 0 Å². The first-order chi connectivity index (χ1) is 8.22. The van der Waals surface area contributed by atoms with Crippen molar-refractivity contribution in [2.75, 3.05) is 32.8 Å². The fraction of sp³-hybridized carbons (Fsp3) is 1.00. The molecule has 0 amide bonds. The molecule has 0 aliphatic carbocycles. The van der Waals surface area contributed by atoms with Crippen molar-refractivity contribution in [1.29, 1.82) is 0 Å². The molecule has 17 heavy (non-hydrogen) atoms. The molecule has 0 bridgehead atoms. The Hall–Kier alpha value is -0.120. The average molecular weight is 242 g/mol. The highest BCUT2D eigenvalue weighted by atomic mass is 16.5. The second kappa shape index (κ2) is 8.06. The van der Waals surface area contributed by atoms with Gasteiger partial charge in [-0.1, -0.05) is 27.2 Å². The van der Waals surface area contributed by atoms with Crippen LogP contribution in [0.4, 0.5) is 0 Å². The van der Waals surface area contributed by atoms with Crippen molar-refractivity contribution in [3.8, 4) is 0 Å². The molecule has 0 aromatic rings. The number of ether oxygens (including phenoxy) is 1. The van der Waals surface area contributed by atoms with E-state index in [0.717, 1.165) is 32.2 Å². The third kappa shape index (κ3) is 4.57. The molecule has 1 aliphatic heterocycles. The van der Waals surface area contributed by atoms with Crippen LogP contribution in [0.2, 0.25) is 0 Å². The second-order valence-corrected chi connectivity index (χ2v) is 5.38. The fourth-order valence-electron chi connectivity index (χ4n) is 2.74. The van der Waals surface area contributed by atoms with Crippen molar-refractivity contribution in [1.82, 2.24) is 4.90 Å². The van der Waals surface area contributed by atoms with Crippen LogP contribution in [0.25, 0.3) is 0 Å². The largest absolute Gasteiger partial charge is 0.381 e. The quantitative estimate of drug-likeness (QED) is 0.743. The summed E-state index contributed by atoms with van der Waals surface area (Å²) in [6.07, 6.45) is 3.72. The van der Waals surface area contributed by atoms with E-state index in [1.165, 1.54) is 25.8 Å². The third-order valence-electron chi connectivity index (χ3n) is 4.10. The van der Waals surface area contributed by atoms with E-state index in [1.54, 1.807) is 0 Å². The molecule has 1 saturated heterocycles. The molecule has 0 aromatic carbocycles. The maximum atomic E-state index is 6.00. The van der Waals surface area contributed by atoms with Crippen LogP contribution in [-0.4, -0.2) is 43.8 Å². The van der Waals surface area contributed by atoms with E-state index >= 15 is 0 Å². The lowest BCUT2D eigenvalue weighted by Crippen LogP contribution is -2.49. The van der Waals surface area contributed by atoms with Crippen LogP contribution in [0.3, 0.4) is 0 Å². The van der Waals surface area contributed by atoms with E-state index in [-0.39, 0.29) is 0 Å². The van der Waals surface area contributed by atoms with Gasteiger partial charge in [0.05, 0.1) is 6.61 Å². The standard InChI is InChI=1S/C14H30N2O/c1-4-12(3)10-16(5-2)14(9-15)13-7-6-8-17-11-13/h12-14H,4-11,15H2,1-3H3. The molecule has 0 radical (unpaired) electrons. The molecular weight excluding hydrogens is 212 g/mol. The maximum absolute atomic E-state index is 6.00. The van der Waals surface area contributed by atoms with E-state index in [1.807, 2.05) is 0 Å². The van der Waals surface area contributed by atoms with Crippen LogP contribution in [0.15, 0.2) is 0 Å². The van der Waals surface area contributed by atoms with Gasteiger partial charge in [-0.25, -0.2) is 0 Å². The van der Waals surface area contributed by atoms with Crippen LogP contribution in [0, 0.1) is 11.8 Å². The maximum Gasteiger partial charge on any atom is 0.0509 e. The molecule has 0 saturated carbocycles. The average Bonchev–Trinajstić information content (AvgIpc) is 2.39. The van der Waals surface area contributed by atoms with Crippen molar-refractivity contribution in [2.45, 2.75) is 46.1 Å². The van der Waals surface area contributed by atoms with E-state index in [9.17, 15) is 0 Å². The number of nitrogens with zero attached hydrogens (tertiary/aromatic N) is 1. The Morgan fingerprint density at radius 2 is 2.18 bits per heavy atom. The molecule has 1 rings (SSSR count). The Kier molecular flexibility index (Phi) is 7.09. The summed E-state index contributed by atoms with van der Waals surface area (Å²) in [6, 6.07) is 0.509.